The maximum Gasteiger partial charge on any atom is 0.118 e. The average molecular weight is 212 g/mol. The molecule has 0 aliphatic carbocycles. The number of aryl methyl sites for hydroxylation is 2. The van der Waals surface area contributed by atoms with Crippen LogP contribution in [-0.2, 0) is 0 Å². The van der Waals surface area contributed by atoms with Gasteiger partial charge >= 0.3 is 0 Å². The lowest BCUT2D eigenvalue weighted by molar-refractivity contribution is 0.250. The van der Waals surface area contributed by atoms with Crippen molar-refractivity contribution in [2.24, 2.45) is 5.92 Å². The van der Waals surface area contributed by atoms with Gasteiger partial charge in [-0.1, -0.05) is 6.92 Å². The maximum atomic E-state index is 8.89. The molecule has 1 N–H and O–H groups in total. The van der Waals surface area contributed by atoms with Gasteiger partial charge < -0.3 is 5.11 Å². The lowest BCUT2D eigenvalue weighted by Crippen LogP contribution is -2.04. The van der Waals surface area contributed by atoms with Gasteiger partial charge in [-0.2, -0.15) is 0 Å². The van der Waals surface area contributed by atoms with Crippen molar-refractivity contribution < 1.29 is 5.11 Å². The predicted molar refractivity (Wildman–Crippen MR) is 58.5 cm³/mol. The number of nitrogens with zero attached hydrogens (tertiary/aromatic N) is 2. The molecule has 1 heterocycles. The summed E-state index contributed by atoms with van der Waals surface area (Å²) in [5.74, 6) is 1.19. The van der Waals surface area contributed by atoms with Crippen molar-refractivity contribution in [3.05, 3.63) is 17.6 Å². The first kappa shape index (κ1) is 11.5. The topological polar surface area (TPSA) is 46.0 Å². The molecular formula is C10H16N2OS. The summed E-state index contributed by atoms with van der Waals surface area (Å²) in [4.78, 5) is 8.63. The second kappa shape index (κ2) is 5.32. The van der Waals surface area contributed by atoms with E-state index in [1.165, 1.54) is 0 Å². The summed E-state index contributed by atoms with van der Waals surface area (Å²) in [6, 6.07) is 0. The number of thioether (sulfide) groups is 1. The van der Waals surface area contributed by atoms with Gasteiger partial charge in [-0.3, -0.25) is 4.98 Å². The SMILES string of the molecule is Cc1cnc(C)c(SCC(C)CO)n1. The summed E-state index contributed by atoms with van der Waals surface area (Å²) in [6.45, 7) is 6.14. The third kappa shape index (κ3) is 3.27. The van der Waals surface area contributed by atoms with Crippen LogP contribution >= 0.6 is 11.8 Å². The summed E-state index contributed by atoms with van der Waals surface area (Å²) in [7, 11) is 0. The summed E-state index contributed by atoms with van der Waals surface area (Å²) in [6.07, 6.45) is 1.77. The van der Waals surface area contributed by atoms with Crippen LogP contribution in [0.5, 0.6) is 0 Å². The van der Waals surface area contributed by atoms with Crippen LogP contribution in [0.2, 0.25) is 0 Å². The first-order chi connectivity index (χ1) is 6.63. The van der Waals surface area contributed by atoms with Crippen molar-refractivity contribution >= 4 is 11.8 Å². The lowest BCUT2D eigenvalue weighted by Gasteiger charge is -2.08. The molecule has 0 aliphatic heterocycles. The molecule has 0 spiro atoms. The normalized spacial score (nSPS) is 12.9. The van der Waals surface area contributed by atoms with Crippen molar-refractivity contribution in [3.63, 3.8) is 0 Å². The van der Waals surface area contributed by atoms with E-state index in [9.17, 15) is 0 Å². The van der Waals surface area contributed by atoms with Gasteiger partial charge in [-0.05, 0) is 19.8 Å². The highest BCUT2D eigenvalue weighted by Gasteiger charge is 2.06. The molecule has 0 saturated heterocycles. The summed E-state index contributed by atoms with van der Waals surface area (Å²) in [5, 5.41) is 9.86. The second-order valence-corrected chi connectivity index (χ2v) is 4.51. The third-order valence-electron chi connectivity index (χ3n) is 1.85. The minimum atomic E-state index is 0.227. The highest BCUT2D eigenvalue weighted by Crippen LogP contribution is 2.20. The first-order valence-electron chi connectivity index (χ1n) is 4.67. The fourth-order valence-electron chi connectivity index (χ4n) is 0.926. The fraction of sp³-hybridized carbons (Fsp3) is 0.600. The predicted octanol–water partition coefficient (Wildman–Crippen LogP) is 1.81. The average Bonchev–Trinajstić information content (AvgIpc) is 2.19. The van der Waals surface area contributed by atoms with Crippen LogP contribution in [-0.4, -0.2) is 27.4 Å². The summed E-state index contributed by atoms with van der Waals surface area (Å²) < 4.78 is 0. The highest BCUT2D eigenvalue weighted by atomic mass is 32.2. The Hall–Kier alpha value is -0.610. The molecule has 0 amide bonds. The Morgan fingerprint density at radius 2 is 2.21 bits per heavy atom. The van der Waals surface area contributed by atoms with E-state index in [-0.39, 0.29) is 6.61 Å². The van der Waals surface area contributed by atoms with Gasteiger partial charge in [0.05, 0.1) is 11.4 Å². The Morgan fingerprint density at radius 3 is 2.86 bits per heavy atom. The number of aromatic nitrogens is 2. The molecule has 0 bridgehead atoms. The molecular weight excluding hydrogens is 196 g/mol. The molecule has 0 fully saturated rings. The monoisotopic (exact) mass is 212 g/mol. The van der Waals surface area contributed by atoms with Gasteiger partial charge in [-0.25, -0.2) is 4.98 Å². The van der Waals surface area contributed by atoms with Crippen molar-refractivity contribution in [3.8, 4) is 0 Å². The van der Waals surface area contributed by atoms with Gasteiger partial charge in [0, 0.05) is 18.6 Å². The molecule has 1 aromatic rings. The van der Waals surface area contributed by atoms with Crippen molar-refractivity contribution in [2.45, 2.75) is 25.8 Å². The van der Waals surface area contributed by atoms with Crippen LogP contribution < -0.4 is 0 Å². The van der Waals surface area contributed by atoms with Crippen LogP contribution in [0.25, 0.3) is 0 Å². The maximum absolute atomic E-state index is 8.89. The lowest BCUT2D eigenvalue weighted by atomic mass is 10.2. The van der Waals surface area contributed by atoms with Gasteiger partial charge in [0.2, 0.25) is 0 Å². The molecule has 1 atom stereocenters. The Labute approximate surface area is 89.0 Å². The Balaban J connectivity index is 2.62. The molecule has 1 aromatic heterocycles. The molecule has 4 heteroatoms. The summed E-state index contributed by atoms with van der Waals surface area (Å²) >= 11 is 1.66. The number of hydrogen-bond donors (Lipinski definition) is 1. The fourth-order valence-corrected chi connectivity index (χ4v) is 1.94. The largest absolute Gasteiger partial charge is 0.396 e. The smallest absolute Gasteiger partial charge is 0.118 e. The number of aliphatic hydroxyl groups is 1. The first-order valence-corrected chi connectivity index (χ1v) is 5.66. The molecule has 3 nitrogen and oxygen atoms in total. The number of hydrogen-bond acceptors (Lipinski definition) is 4. The van der Waals surface area contributed by atoms with Crippen LogP contribution in [0.4, 0.5) is 0 Å². The molecule has 78 valence electrons. The highest BCUT2D eigenvalue weighted by molar-refractivity contribution is 7.99. The van der Waals surface area contributed by atoms with E-state index in [0.717, 1.165) is 22.2 Å². The minimum absolute atomic E-state index is 0.227. The molecule has 1 rings (SSSR count). The standard InChI is InChI=1S/C10H16N2OS/c1-7(5-13)6-14-10-9(3)11-4-8(2)12-10/h4,7,13H,5-6H2,1-3H3. The van der Waals surface area contributed by atoms with Crippen molar-refractivity contribution in [2.75, 3.05) is 12.4 Å². The van der Waals surface area contributed by atoms with Crippen LogP contribution in [0.15, 0.2) is 11.2 Å². The zero-order valence-electron chi connectivity index (χ0n) is 8.82. The van der Waals surface area contributed by atoms with Crippen molar-refractivity contribution in [1.82, 2.24) is 9.97 Å². The molecule has 0 radical (unpaired) electrons. The number of rotatable bonds is 4. The van der Waals surface area contributed by atoms with E-state index >= 15 is 0 Å². The molecule has 0 aromatic carbocycles. The Kier molecular flexibility index (Phi) is 4.35. The molecule has 0 saturated carbocycles. The second-order valence-electron chi connectivity index (χ2n) is 3.50. The Morgan fingerprint density at radius 1 is 1.50 bits per heavy atom. The van der Waals surface area contributed by atoms with Crippen LogP contribution in [0, 0.1) is 19.8 Å². The molecule has 0 aliphatic rings. The minimum Gasteiger partial charge on any atom is -0.396 e. The van der Waals surface area contributed by atoms with E-state index < -0.39 is 0 Å². The zero-order chi connectivity index (χ0) is 10.6. The van der Waals surface area contributed by atoms with E-state index in [1.807, 2.05) is 20.8 Å². The van der Waals surface area contributed by atoms with Crippen LogP contribution in [0.3, 0.4) is 0 Å². The number of aliphatic hydroxyl groups excluding tert-OH is 1. The van der Waals surface area contributed by atoms with Crippen molar-refractivity contribution in [1.29, 1.82) is 0 Å². The molecule has 14 heavy (non-hydrogen) atoms. The van der Waals surface area contributed by atoms with E-state index in [1.54, 1.807) is 18.0 Å². The van der Waals surface area contributed by atoms with Crippen LogP contribution in [0.1, 0.15) is 18.3 Å². The quantitative estimate of drug-likeness (QED) is 0.773. The van der Waals surface area contributed by atoms with Gasteiger partial charge in [0.15, 0.2) is 0 Å². The van der Waals surface area contributed by atoms with E-state index in [2.05, 4.69) is 9.97 Å². The van der Waals surface area contributed by atoms with Gasteiger partial charge in [-0.15, -0.1) is 11.8 Å². The Bertz CT molecular complexity index is 304. The molecule has 1 unspecified atom stereocenters. The van der Waals surface area contributed by atoms with E-state index in [4.69, 9.17) is 5.11 Å². The zero-order valence-corrected chi connectivity index (χ0v) is 9.64. The van der Waals surface area contributed by atoms with Gasteiger partial charge in [0.25, 0.3) is 0 Å². The summed E-state index contributed by atoms with van der Waals surface area (Å²) in [5.41, 5.74) is 1.90. The van der Waals surface area contributed by atoms with Gasteiger partial charge in [0.1, 0.15) is 5.03 Å². The third-order valence-corrected chi connectivity index (χ3v) is 3.24. The van der Waals surface area contributed by atoms with E-state index in [0.29, 0.717) is 5.92 Å².